The highest BCUT2D eigenvalue weighted by atomic mass is 16.5. The van der Waals surface area contributed by atoms with Crippen LogP contribution in [0.2, 0.25) is 0 Å². The van der Waals surface area contributed by atoms with Crippen LogP contribution in [0.5, 0.6) is 17.2 Å². The van der Waals surface area contributed by atoms with Crippen molar-refractivity contribution in [3.63, 3.8) is 0 Å². The van der Waals surface area contributed by atoms with Crippen LogP contribution in [0.4, 0.5) is 0 Å². The van der Waals surface area contributed by atoms with Gasteiger partial charge in [0.2, 0.25) is 0 Å². The zero-order valence-electron chi connectivity index (χ0n) is 15.0. The van der Waals surface area contributed by atoms with Crippen molar-refractivity contribution in [2.45, 2.75) is 18.9 Å². The summed E-state index contributed by atoms with van der Waals surface area (Å²) in [6, 6.07) is 15.0. The molecule has 1 unspecified atom stereocenters. The Hall–Kier alpha value is -2.53. The van der Waals surface area contributed by atoms with Crippen molar-refractivity contribution in [3.8, 4) is 17.2 Å². The van der Waals surface area contributed by atoms with E-state index < -0.39 is 0 Å². The fourth-order valence-corrected chi connectivity index (χ4v) is 3.94. The van der Waals surface area contributed by atoms with Crippen LogP contribution in [0.1, 0.15) is 23.2 Å². The number of hydrogen-bond acceptors (Lipinski definition) is 4. The smallest absolute Gasteiger partial charge is 0.251 e. The maximum absolute atomic E-state index is 12.5. The van der Waals surface area contributed by atoms with Gasteiger partial charge in [-0.15, -0.1) is 0 Å². The second kappa shape index (κ2) is 7.38. The van der Waals surface area contributed by atoms with Gasteiger partial charge in [0.15, 0.2) is 11.5 Å². The first-order valence-electron chi connectivity index (χ1n) is 9.15. The number of methoxy groups -OCH3 is 1. The maximum atomic E-state index is 12.5. The van der Waals surface area contributed by atoms with E-state index in [0.717, 1.165) is 18.9 Å². The van der Waals surface area contributed by atoms with Gasteiger partial charge in [0.25, 0.3) is 5.91 Å². The molecule has 26 heavy (non-hydrogen) atoms. The topological polar surface area (TPSA) is 50.8 Å². The molecule has 2 bridgehead atoms. The third-order valence-electron chi connectivity index (χ3n) is 5.22. The van der Waals surface area contributed by atoms with Crippen LogP contribution in [-0.2, 0) is 0 Å². The molecule has 0 saturated carbocycles. The Morgan fingerprint density at radius 2 is 1.85 bits per heavy atom. The fourth-order valence-electron chi connectivity index (χ4n) is 3.94. The molecule has 4 rings (SSSR count). The molecule has 2 aromatic carbocycles. The molecule has 0 spiro atoms. The summed E-state index contributed by atoms with van der Waals surface area (Å²) in [6.45, 7) is 3.34. The lowest BCUT2D eigenvalue weighted by Gasteiger charge is -2.30. The van der Waals surface area contributed by atoms with E-state index >= 15 is 0 Å². The molecule has 1 amide bonds. The lowest BCUT2D eigenvalue weighted by Crippen LogP contribution is -2.46. The first-order valence-corrected chi connectivity index (χ1v) is 9.15. The third-order valence-corrected chi connectivity index (χ3v) is 5.22. The summed E-state index contributed by atoms with van der Waals surface area (Å²) in [7, 11) is 1.61. The summed E-state index contributed by atoms with van der Waals surface area (Å²) in [5.74, 6) is 2.73. The third kappa shape index (κ3) is 3.68. The number of nitrogens with zero attached hydrogens (tertiary/aromatic N) is 1. The van der Waals surface area contributed by atoms with E-state index in [1.165, 1.54) is 19.5 Å². The molecule has 0 aromatic heterocycles. The molecule has 1 N–H and O–H groups in total. The van der Waals surface area contributed by atoms with E-state index in [-0.39, 0.29) is 11.9 Å². The Morgan fingerprint density at radius 3 is 2.58 bits per heavy atom. The Kier molecular flexibility index (Phi) is 4.80. The number of hydrogen-bond donors (Lipinski definition) is 1. The molecule has 2 aromatic rings. The van der Waals surface area contributed by atoms with Gasteiger partial charge in [-0.05, 0) is 61.7 Å². The van der Waals surface area contributed by atoms with Gasteiger partial charge in [0.05, 0.1) is 7.11 Å². The summed E-state index contributed by atoms with van der Waals surface area (Å²) in [5.41, 5.74) is 0.658. The molecular formula is C21H24N2O3. The van der Waals surface area contributed by atoms with E-state index in [9.17, 15) is 4.79 Å². The van der Waals surface area contributed by atoms with E-state index in [1.54, 1.807) is 19.2 Å². The van der Waals surface area contributed by atoms with Gasteiger partial charge in [0.1, 0.15) is 5.75 Å². The highest BCUT2D eigenvalue weighted by Gasteiger charge is 2.32. The predicted octanol–water partition coefficient (Wildman–Crippen LogP) is 3.31. The first kappa shape index (κ1) is 16.9. The number of piperidine rings is 1. The van der Waals surface area contributed by atoms with Gasteiger partial charge in [-0.25, -0.2) is 0 Å². The van der Waals surface area contributed by atoms with Crippen LogP contribution >= 0.6 is 0 Å². The molecule has 0 radical (unpaired) electrons. The first-order chi connectivity index (χ1) is 12.7. The van der Waals surface area contributed by atoms with Gasteiger partial charge in [-0.1, -0.05) is 12.1 Å². The monoisotopic (exact) mass is 352 g/mol. The SMILES string of the molecule is COc1ccccc1Oc1ccc(C(=O)N[C@@H]2C[C@@H]3CCN(C3)C2)cc1. The minimum atomic E-state index is -0.0126. The lowest BCUT2D eigenvalue weighted by atomic mass is 9.96. The second-order valence-electron chi connectivity index (χ2n) is 7.10. The zero-order chi connectivity index (χ0) is 17.9. The van der Waals surface area contributed by atoms with Crippen LogP contribution < -0.4 is 14.8 Å². The predicted molar refractivity (Wildman–Crippen MR) is 99.9 cm³/mol. The number of fused-ring (bicyclic) bond motifs is 2. The molecule has 5 nitrogen and oxygen atoms in total. The molecule has 2 heterocycles. The van der Waals surface area contributed by atoms with Gasteiger partial charge in [-0.2, -0.15) is 0 Å². The van der Waals surface area contributed by atoms with Crippen molar-refractivity contribution in [1.82, 2.24) is 10.2 Å². The van der Waals surface area contributed by atoms with Gasteiger partial charge in [0, 0.05) is 24.7 Å². The number of amides is 1. The second-order valence-corrected chi connectivity index (χ2v) is 7.10. The Bertz CT molecular complexity index is 763. The summed E-state index contributed by atoms with van der Waals surface area (Å²) >= 11 is 0. The fraction of sp³-hybridized carbons (Fsp3) is 0.381. The molecule has 2 aliphatic heterocycles. The number of carbonyl (C=O) groups excluding carboxylic acids is 1. The van der Waals surface area contributed by atoms with Crippen molar-refractivity contribution in [2.75, 3.05) is 26.7 Å². The summed E-state index contributed by atoms with van der Waals surface area (Å²) < 4.78 is 11.2. The van der Waals surface area contributed by atoms with Crippen LogP contribution in [0, 0.1) is 5.92 Å². The quantitative estimate of drug-likeness (QED) is 0.897. The minimum Gasteiger partial charge on any atom is -0.493 e. The van der Waals surface area contributed by atoms with Gasteiger partial charge >= 0.3 is 0 Å². The Balaban J connectivity index is 1.38. The average molecular weight is 352 g/mol. The normalized spacial score (nSPS) is 24.1. The van der Waals surface area contributed by atoms with Gasteiger partial charge in [-0.3, -0.25) is 4.79 Å². The minimum absolute atomic E-state index is 0.0126. The van der Waals surface area contributed by atoms with E-state index in [0.29, 0.717) is 22.8 Å². The summed E-state index contributed by atoms with van der Waals surface area (Å²) in [4.78, 5) is 15.0. The highest BCUT2D eigenvalue weighted by Crippen LogP contribution is 2.31. The standard InChI is InChI=1S/C21H24N2O3/c1-25-19-4-2-3-5-20(19)26-18-8-6-16(7-9-18)21(24)22-17-12-15-10-11-23(13-15)14-17/h2-9,15,17H,10-14H2,1H3,(H,22,24)/t15-,17+/m0/s1. The molecule has 3 atom stereocenters. The summed E-state index contributed by atoms with van der Waals surface area (Å²) in [5, 5.41) is 3.18. The number of carbonyl (C=O) groups is 1. The number of nitrogens with one attached hydrogen (secondary N) is 1. The van der Waals surface area contributed by atoms with E-state index in [4.69, 9.17) is 9.47 Å². The van der Waals surface area contributed by atoms with Crippen molar-refractivity contribution >= 4 is 5.91 Å². The van der Waals surface area contributed by atoms with Crippen molar-refractivity contribution in [3.05, 3.63) is 54.1 Å². The van der Waals surface area contributed by atoms with Crippen molar-refractivity contribution < 1.29 is 14.3 Å². The lowest BCUT2D eigenvalue weighted by molar-refractivity contribution is 0.0909. The number of para-hydroxylation sites is 2. The van der Waals surface area contributed by atoms with Crippen LogP contribution in [-0.4, -0.2) is 43.6 Å². The van der Waals surface area contributed by atoms with Crippen molar-refractivity contribution in [1.29, 1.82) is 0 Å². The molecular weight excluding hydrogens is 328 g/mol. The Morgan fingerprint density at radius 1 is 1.08 bits per heavy atom. The average Bonchev–Trinajstić information content (AvgIpc) is 3.01. The molecule has 5 heteroatoms. The molecule has 2 saturated heterocycles. The molecule has 2 fully saturated rings. The van der Waals surface area contributed by atoms with Crippen LogP contribution in [0.3, 0.4) is 0 Å². The largest absolute Gasteiger partial charge is 0.493 e. The molecule has 136 valence electrons. The Labute approximate surface area is 153 Å². The number of benzene rings is 2. The summed E-state index contributed by atoms with van der Waals surface area (Å²) in [6.07, 6.45) is 2.36. The molecule has 2 aliphatic rings. The van der Waals surface area contributed by atoms with Crippen LogP contribution in [0.15, 0.2) is 48.5 Å². The zero-order valence-corrected chi connectivity index (χ0v) is 15.0. The van der Waals surface area contributed by atoms with Crippen molar-refractivity contribution in [2.24, 2.45) is 5.92 Å². The number of rotatable bonds is 5. The molecule has 0 aliphatic carbocycles. The highest BCUT2D eigenvalue weighted by molar-refractivity contribution is 5.94. The van der Waals surface area contributed by atoms with E-state index in [2.05, 4.69) is 10.2 Å². The van der Waals surface area contributed by atoms with Gasteiger partial charge < -0.3 is 19.7 Å². The van der Waals surface area contributed by atoms with Crippen LogP contribution in [0.25, 0.3) is 0 Å². The number of ether oxygens (including phenoxy) is 2. The van der Waals surface area contributed by atoms with E-state index in [1.807, 2.05) is 36.4 Å². The maximum Gasteiger partial charge on any atom is 0.251 e.